The van der Waals surface area contributed by atoms with Gasteiger partial charge in [-0.2, -0.15) is 5.10 Å². The van der Waals surface area contributed by atoms with Crippen LogP contribution in [0.5, 0.6) is 0 Å². The summed E-state index contributed by atoms with van der Waals surface area (Å²) in [7, 11) is 1.62. The summed E-state index contributed by atoms with van der Waals surface area (Å²) in [5.41, 5.74) is 1.08. The minimum absolute atomic E-state index is 0.127. The van der Waals surface area contributed by atoms with Crippen molar-refractivity contribution >= 4 is 17.5 Å². The fourth-order valence-corrected chi connectivity index (χ4v) is 1.85. The Hall–Kier alpha value is -3.34. The molecule has 21 heavy (non-hydrogen) atoms. The van der Waals surface area contributed by atoms with Crippen molar-refractivity contribution in [2.24, 2.45) is 0 Å². The van der Waals surface area contributed by atoms with Crippen LogP contribution in [0.3, 0.4) is 0 Å². The van der Waals surface area contributed by atoms with Crippen LogP contribution in [0.25, 0.3) is 5.78 Å². The summed E-state index contributed by atoms with van der Waals surface area (Å²) in [5, 5.41) is 27.9. The Morgan fingerprint density at radius 3 is 3.05 bits per heavy atom. The average Bonchev–Trinajstić information content (AvgIpc) is 3.10. The third-order valence-corrected chi connectivity index (χ3v) is 2.81. The number of fused-ring (bicyclic) bond motifs is 1. The summed E-state index contributed by atoms with van der Waals surface area (Å²) < 4.78 is 1.74. The minimum atomic E-state index is -0.847. The fourth-order valence-electron chi connectivity index (χ4n) is 1.85. The molecule has 3 N–H and O–H groups in total. The number of aromatic nitrogens is 5. The van der Waals surface area contributed by atoms with E-state index in [4.69, 9.17) is 5.41 Å². The molecule has 0 unspecified atom stereocenters. The second-order valence-electron chi connectivity index (χ2n) is 4.13. The van der Waals surface area contributed by atoms with Gasteiger partial charge >= 0.3 is 0 Å². The van der Waals surface area contributed by atoms with Gasteiger partial charge in [-0.3, -0.25) is 9.50 Å². The first-order valence-corrected chi connectivity index (χ1v) is 6.02. The standard InChI is InChI=1S/C13H11N7O/c1-15-12-10(11(14)21)9(18-19-12)3-2-8-6-17-13-16-4-5-20(13)7-8/h4-7H,1H3,(H2,14,21)(H2,15,18,19)/p-1. The van der Waals surface area contributed by atoms with Crippen LogP contribution in [0.15, 0.2) is 24.8 Å². The van der Waals surface area contributed by atoms with Crippen molar-refractivity contribution in [3.8, 4) is 11.8 Å². The molecule has 0 saturated carbocycles. The second-order valence-corrected chi connectivity index (χ2v) is 4.13. The maximum Gasteiger partial charge on any atom is 0.233 e. The van der Waals surface area contributed by atoms with Gasteiger partial charge in [0.15, 0.2) is 5.82 Å². The van der Waals surface area contributed by atoms with Gasteiger partial charge in [-0.05, 0) is 11.8 Å². The molecule has 0 bridgehead atoms. The van der Waals surface area contributed by atoms with Gasteiger partial charge < -0.3 is 15.8 Å². The Labute approximate surface area is 119 Å². The van der Waals surface area contributed by atoms with Crippen LogP contribution in [0.1, 0.15) is 16.8 Å². The number of anilines is 1. The van der Waals surface area contributed by atoms with Crippen molar-refractivity contribution in [3.05, 3.63) is 41.6 Å². The van der Waals surface area contributed by atoms with Crippen molar-refractivity contribution in [1.29, 1.82) is 5.41 Å². The minimum Gasteiger partial charge on any atom is -0.859 e. The molecule has 0 spiro atoms. The zero-order valence-corrected chi connectivity index (χ0v) is 11.0. The Bertz CT molecular complexity index is 881. The number of nitrogens with one attached hydrogen (secondary N) is 3. The highest BCUT2D eigenvalue weighted by atomic mass is 16.3. The maximum atomic E-state index is 11.3. The van der Waals surface area contributed by atoms with Gasteiger partial charge in [0.2, 0.25) is 5.78 Å². The maximum absolute atomic E-state index is 11.3. The summed E-state index contributed by atoms with van der Waals surface area (Å²) in [6, 6.07) is 0. The van der Waals surface area contributed by atoms with Gasteiger partial charge in [0.1, 0.15) is 5.69 Å². The third-order valence-electron chi connectivity index (χ3n) is 2.81. The molecule has 3 aromatic heterocycles. The van der Waals surface area contributed by atoms with Crippen molar-refractivity contribution in [3.63, 3.8) is 0 Å². The topological polar surface area (TPSA) is 118 Å². The van der Waals surface area contributed by atoms with Gasteiger partial charge in [0.05, 0.1) is 11.1 Å². The Kier molecular flexibility index (Phi) is 3.00. The van der Waals surface area contributed by atoms with Crippen molar-refractivity contribution in [2.75, 3.05) is 12.4 Å². The fraction of sp³-hybridized carbons (Fsp3) is 0.0769. The van der Waals surface area contributed by atoms with Gasteiger partial charge in [-0.15, -0.1) is 0 Å². The molecule has 0 saturated heterocycles. The zero-order chi connectivity index (χ0) is 14.8. The van der Waals surface area contributed by atoms with E-state index in [0.29, 0.717) is 22.9 Å². The van der Waals surface area contributed by atoms with E-state index in [2.05, 4.69) is 37.3 Å². The molecule has 8 heteroatoms. The predicted molar refractivity (Wildman–Crippen MR) is 73.9 cm³/mol. The lowest BCUT2D eigenvalue weighted by Crippen LogP contribution is -2.18. The summed E-state index contributed by atoms with van der Waals surface area (Å²) in [6.07, 6.45) is 6.78. The van der Waals surface area contributed by atoms with Gasteiger partial charge in [-0.1, -0.05) is 5.92 Å². The van der Waals surface area contributed by atoms with E-state index in [1.165, 1.54) is 0 Å². The van der Waals surface area contributed by atoms with Crippen molar-refractivity contribution < 1.29 is 5.11 Å². The van der Waals surface area contributed by atoms with E-state index in [1.54, 1.807) is 36.2 Å². The SMILES string of the molecule is CNc1n[nH]c(C#Cc2cnc3nccn3c2)c1C(=N)[O-]. The molecule has 0 aliphatic heterocycles. The summed E-state index contributed by atoms with van der Waals surface area (Å²) >= 11 is 0. The van der Waals surface area contributed by atoms with Crippen LogP contribution in [0.4, 0.5) is 5.82 Å². The van der Waals surface area contributed by atoms with Crippen molar-refractivity contribution in [2.45, 2.75) is 0 Å². The first-order chi connectivity index (χ1) is 10.2. The number of H-pyrrole nitrogens is 1. The number of aromatic amines is 1. The number of imidazole rings is 1. The van der Waals surface area contributed by atoms with Crippen LogP contribution in [0.2, 0.25) is 0 Å². The molecule has 0 aromatic carbocycles. The monoisotopic (exact) mass is 280 g/mol. The van der Waals surface area contributed by atoms with E-state index in [1.807, 2.05) is 0 Å². The summed E-state index contributed by atoms with van der Waals surface area (Å²) in [6.45, 7) is 0. The first kappa shape index (κ1) is 12.7. The van der Waals surface area contributed by atoms with Crippen LogP contribution >= 0.6 is 0 Å². The molecule has 104 valence electrons. The number of hydrogen-bond donors (Lipinski definition) is 3. The van der Waals surface area contributed by atoms with Crippen molar-refractivity contribution in [1.82, 2.24) is 24.6 Å². The van der Waals surface area contributed by atoms with Gasteiger partial charge in [-0.25, -0.2) is 9.97 Å². The highest BCUT2D eigenvalue weighted by Crippen LogP contribution is 2.14. The molecule has 0 atom stereocenters. The Balaban J connectivity index is 2.00. The van der Waals surface area contributed by atoms with E-state index in [0.717, 1.165) is 0 Å². The van der Waals surface area contributed by atoms with Crippen LogP contribution in [-0.4, -0.2) is 37.5 Å². The smallest absolute Gasteiger partial charge is 0.233 e. The lowest BCUT2D eigenvalue weighted by Gasteiger charge is -2.07. The number of nitrogens with zero attached hydrogens (tertiary/aromatic N) is 4. The predicted octanol–water partition coefficient (Wildman–Crippen LogP) is -0.420. The first-order valence-electron chi connectivity index (χ1n) is 6.02. The zero-order valence-electron chi connectivity index (χ0n) is 11.0. The molecular weight excluding hydrogens is 270 g/mol. The molecule has 8 nitrogen and oxygen atoms in total. The van der Waals surface area contributed by atoms with E-state index in [9.17, 15) is 5.11 Å². The molecule has 0 aliphatic carbocycles. The summed E-state index contributed by atoms with van der Waals surface area (Å²) in [5.74, 6) is 5.73. The Morgan fingerprint density at radius 1 is 1.43 bits per heavy atom. The quantitative estimate of drug-likeness (QED) is 0.335. The van der Waals surface area contributed by atoms with Crippen LogP contribution < -0.4 is 10.4 Å². The molecule has 0 fully saturated rings. The highest BCUT2D eigenvalue weighted by Gasteiger charge is 2.09. The van der Waals surface area contributed by atoms with Crippen LogP contribution in [0, 0.1) is 17.3 Å². The molecule has 3 aromatic rings. The highest BCUT2D eigenvalue weighted by molar-refractivity contribution is 5.95. The molecular formula is C13H10N7O-. The molecule has 3 rings (SSSR count). The van der Waals surface area contributed by atoms with E-state index >= 15 is 0 Å². The van der Waals surface area contributed by atoms with E-state index < -0.39 is 5.90 Å². The largest absolute Gasteiger partial charge is 0.859 e. The average molecular weight is 280 g/mol. The third kappa shape index (κ3) is 2.28. The normalized spacial score (nSPS) is 10.1. The number of hydrogen-bond acceptors (Lipinski definition) is 6. The van der Waals surface area contributed by atoms with Gasteiger partial charge in [0.25, 0.3) is 0 Å². The molecule has 0 aliphatic rings. The summed E-state index contributed by atoms with van der Waals surface area (Å²) in [4.78, 5) is 8.18. The lowest BCUT2D eigenvalue weighted by atomic mass is 10.2. The second kappa shape index (κ2) is 4.97. The molecule has 3 heterocycles. The Morgan fingerprint density at radius 2 is 2.29 bits per heavy atom. The number of rotatable bonds is 2. The van der Waals surface area contributed by atoms with Crippen LogP contribution in [-0.2, 0) is 0 Å². The van der Waals surface area contributed by atoms with E-state index in [-0.39, 0.29) is 5.56 Å². The molecule has 0 radical (unpaired) electrons. The lowest BCUT2D eigenvalue weighted by molar-refractivity contribution is -0.214. The van der Waals surface area contributed by atoms with Gasteiger partial charge in [0, 0.05) is 31.8 Å². The molecule has 0 amide bonds.